The summed E-state index contributed by atoms with van der Waals surface area (Å²) in [5.74, 6) is 0. The van der Waals surface area contributed by atoms with E-state index >= 15 is 0 Å². The summed E-state index contributed by atoms with van der Waals surface area (Å²) in [6.07, 6.45) is 2.04. The van der Waals surface area contributed by atoms with E-state index in [0.717, 1.165) is 33.3 Å². The average Bonchev–Trinajstić information content (AvgIpc) is 2.68. The Morgan fingerprint density at radius 2 is 1.38 bits per heavy atom. The van der Waals surface area contributed by atoms with Crippen LogP contribution < -0.4 is 0 Å². The Kier molecular flexibility index (Phi) is 4.75. The van der Waals surface area contributed by atoms with Gasteiger partial charge in [0, 0.05) is 26.6 Å². The van der Waals surface area contributed by atoms with E-state index in [2.05, 4.69) is 12.1 Å². The molecule has 1 heterocycles. The maximum Gasteiger partial charge on any atom is 0.0716 e. The van der Waals surface area contributed by atoms with E-state index in [1.54, 1.807) is 0 Å². The third-order valence-electron chi connectivity index (χ3n) is 4.24. The zero-order valence-corrected chi connectivity index (χ0v) is 15.4. The number of hydrogen-bond acceptors (Lipinski definition) is 1. The van der Waals surface area contributed by atoms with E-state index in [0.29, 0.717) is 10.0 Å². The summed E-state index contributed by atoms with van der Waals surface area (Å²) in [5.41, 5.74) is 4.60. The summed E-state index contributed by atoms with van der Waals surface area (Å²) < 4.78 is 0. The molecule has 0 radical (unpaired) electrons. The minimum absolute atomic E-state index is 0.681. The van der Waals surface area contributed by atoms with Crippen LogP contribution in [0.2, 0.25) is 10.0 Å². The molecule has 0 fully saturated rings. The molecule has 4 rings (SSSR count). The highest BCUT2D eigenvalue weighted by Crippen LogP contribution is 2.32. The summed E-state index contributed by atoms with van der Waals surface area (Å²) in [6, 6.07) is 27.7. The van der Waals surface area contributed by atoms with Crippen LogP contribution in [0.4, 0.5) is 0 Å². The minimum Gasteiger partial charge on any atom is -0.248 e. The lowest BCUT2D eigenvalue weighted by atomic mass is 9.98. The maximum absolute atomic E-state index is 6.49. The van der Waals surface area contributed by atoms with Crippen molar-refractivity contribution in [2.45, 2.75) is 0 Å². The van der Waals surface area contributed by atoms with Crippen molar-refractivity contribution >= 4 is 45.8 Å². The lowest BCUT2D eigenvalue weighted by Crippen LogP contribution is -1.94. The van der Waals surface area contributed by atoms with Crippen molar-refractivity contribution in [2.75, 3.05) is 0 Å². The summed E-state index contributed by atoms with van der Waals surface area (Å²) in [6.45, 7) is 0. The van der Waals surface area contributed by atoms with Gasteiger partial charge in [-0.05, 0) is 35.9 Å². The van der Waals surface area contributed by atoms with Crippen LogP contribution in [-0.4, -0.2) is 4.98 Å². The molecule has 0 aliphatic rings. The van der Waals surface area contributed by atoms with Crippen LogP contribution in [0.3, 0.4) is 0 Å². The lowest BCUT2D eigenvalue weighted by Gasteiger charge is -2.11. The van der Waals surface area contributed by atoms with Crippen molar-refractivity contribution < 1.29 is 0 Å². The molecule has 0 aliphatic heterocycles. The molecule has 0 saturated heterocycles. The van der Waals surface area contributed by atoms with Crippen LogP contribution in [0.1, 0.15) is 16.8 Å². The molecule has 0 unspecified atom stereocenters. The van der Waals surface area contributed by atoms with Gasteiger partial charge in [-0.15, -0.1) is 0 Å². The lowest BCUT2D eigenvalue weighted by molar-refractivity contribution is 1.34. The maximum atomic E-state index is 6.49. The molecule has 0 amide bonds. The second kappa shape index (κ2) is 7.33. The van der Waals surface area contributed by atoms with Gasteiger partial charge >= 0.3 is 0 Å². The predicted octanol–water partition coefficient (Wildman–Crippen LogP) is 7.13. The number of aromatic nitrogens is 1. The monoisotopic (exact) mass is 375 g/mol. The van der Waals surface area contributed by atoms with Gasteiger partial charge in [-0.2, -0.15) is 0 Å². The number of para-hydroxylation sites is 1. The van der Waals surface area contributed by atoms with Gasteiger partial charge in [0.05, 0.1) is 11.2 Å². The van der Waals surface area contributed by atoms with Gasteiger partial charge in [-0.25, -0.2) is 4.98 Å². The number of pyridine rings is 1. The SMILES string of the molecule is Clc1ccccc1C=C(c1ccc2ccccc2n1)c1ccccc1Cl. The molecule has 0 spiro atoms. The van der Waals surface area contributed by atoms with Crippen molar-refractivity contribution in [1.29, 1.82) is 0 Å². The van der Waals surface area contributed by atoms with Gasteiger partial charge in [0.1, 0.15) is 0 Å². The first-order chi connectivity index (χ1) is 12.7. The van der Waals surface area contributed by atoms with Crippen molar-refractivity contribution in [3.63, 3.8) is 0 Å². The predicted molar refractivity (Wildman–Crippen MR) is 112 cm³/mol. The molecule has 1 aromatic heterocycles. The number of benzene rings is 3. The summed E-state index contributed by atoms with van der Waals surface area (Å²) in [5, 5.41) is 2.48. The molecule has 1 nitrogen and oxygen atoms in total. The Morgan fingerprint density at radius 1 is 0.692 bits per heavy atom. The first-order valence-corrected chi connectivity index (χ1v) is 9.05. The Labute approximate surface area is 162 Å². The van der Waals surface area contributed by atoms with E-state index in [-0.39, 0.29) is 0 Å². The number of halogens is 2. The van der Waals surface area contributed by atoms with Crippen molar-refractivity contribution in [2.24, 2.45) is 0 Å². The summed E-state index contributed by atoms with van der Waals surface area (Å²) in [7, 11) is 0. The number of rotatable bonds is 3. The Bertz CT molecular complexity index is 1120. The van der Waals surface area contributed by atoms with E-state index in [1.165, 1.54) is 0 Å². The molecule has 4 aromatic rings. The summed E-state index contributed by atoms with van der Waals surface area (Å²) >= 11 is 12.9. The first kappa shape index (κ1) is 16.8. The Morgan fingerprint density at radius 3 is 2.19 bits per heavy atom. The van der Waals surface area contributed by atoms with E-state index in [4.69, 9.17) is 28.2 Å². The van der Waals surface area contributed by atoms with Crippen LogP contribution in [0.5, 0.6) is 0 Å². The molecule has 0 bridgehead atoms. The zero-order valence-electron chi connectivity index (χ0n) is 13.9. The number of nitrogens with zero attached hydrogens (tertiary/aromatic N) is 1. The fraction of sp³-hybridized carbons (Fsp3) is 0. The molecule has 3 heteroatoms. The molecular weight excluding hydrogens is 361 g/mol. The Hall–Kier alpha value is -2.61. The highest BCUT2D eigenvalue weighted by Gasteiger charge is 2.12. The normalized spacial score (nSPS) is 11.7. The van der Waals surface area contributed by atoms with Gasteiger partial charge in [-0.3, -0.25) is 0 Å². The topological polar surface area (TPSA) is 12.9 Å². The largest absolute Gasteiger partial charge is 0.248 e. The highest BCUT2D eigenvalue weighted by molar-refractivity contribution is 6.33. The van der Waals surface area contributed by atoms with Gasteiger partial charge in [0.15, 0.2) is 0 Å². The van der Waals surface area contributed by atoms with Crippen LogP contribution in [0.25, 0.3) is 22.6 Å². The average molecular weight is 376 g/mol. The first-order valence-electron chi connectivity index (χ1n) is 8.30. The van der Waals surface area contributed by atoms with Gasteiger partial charge in [-0.1, -0.05) is 83.9 Å². The van der Waals surface area contributed by atoms with Crippen molar-refractivity contribution in [3.8, 4) is 0 Å². The van der Waals surface area contributed by atoms with Crippen LogP contribution >= 0.6 is 23.2 Å². The van der Waals surface area contributed by atoms with E-state index in [9.17, 15) is 0 Å². The molecule has 3 aromatic carbocycles. The smallest absolute Gasteiger partial charge is 0.0716 e. The molecule has 26 heavy (non-hydrogen) atoms. The zero-order chi connectivity index (χ0) is 17.9. The minimum atomic E-state index is 0.681. The second-order valence-corrected chi connectivity index (χ2v) is 6.76. The molecule has 126 valence electrons. The second-order valence-electron chi connectivity index (χ2n) is 5.95. The third-order valence-corrected chi connectivity index (χ3v) is 4.92. The fourth-order valence-electron chi connectivity index (χ4n) is 2.93. The molecule has 0 aliphatic carbocycles. The standard InChI is InChI=1S/C23H15Cl2N/c24-20-10-4-1-8-17(20)15-19(18-9-3-5-11-21(18)25)23-14-13-16-7-2-6-12-22(16)26-23/h1-15H. The van der Waals surface area contributed by atoms with Crippen molar-refractivity contribution in [3.05, 3.63) is 112 Å². The Balaban J connectivity index is 1.95. The highest BCUT2D eigenvalue weighted by atomic mass is 35.5. The number of fused-ring (bicyclic) bond motifs is 1. The van der Waals surface area contributed by atoms with Gasteiger partial charge < -0.3 is 0 Å². The van der Waals surface area contributed by atoms with Crippen LogP contribution in [0.15, 0.2) is 84.9 Å². The van der Waals surface area contributed by atoms with E-state index in [1.807, 2.05) is 78.9 Å². The van der Waals surface area contributed by atoms with Gasteiger partial charge in [0.2, 0.25) is 0 Å². The molecule has 0 atom stereocenters. The fourth-order valence-corrected chi connectivity index (χ4v) is 3.36. The quantitative estimate of drug-likeness (QED) is 0.347. The van der Waals surface area contributed by atoms with Crippen LogP contribution in [-0.2, 0) is 0 Å². The third kappa shape index (κ3) is 3.37. The molecular formula is C23H15Cl2N. The van der Waals surface area contributed by atoms with Gasteiger partial charge in [0.25, 0.3) is 0 Å². The summed E-state index contributed by atoms with van der Waals surface area (Å²) in [4.78, 5) is 4.85. The molecule has 0 saturated carbocycles. The van der Waals surface area contributed by atoms with Crippen LogP contribution in [0, 0.1) is 0 Å². The van der Waals surface area contributed by atoms with Crippen molar-refractivity contribution in [1.82, 2.24) is 4.98 Å². The number of hydrogen-bond donors (Lipinski definition) is 0. The molecule has 0 N–H and O–H groups in total. The van der Waals surface area contributed by atoms with E-state index < -0.39 is 0 Å².